The third kappa shape index (κ3) is 7.05. The molecule has 1 aromatic carbocycles. The number of likely N-dealkylation sites (tertiary alicyclic amines) is 1. The molecule has 2 N–H and O–H groups in total. The second-order valence-corrected chi connectivity index (χ2v) is 5.66. The number of hydrogen-bond donors (Lipinski definition) is 2. The Balaban J connectivity index is 0.00000312. The summed E-state index contributed by atoms with van der Waals surface area (Å²) in [5.74, 6) is 0.462. The lowest BCUT2D eigenvalue weighted by molar-refractivity contribution is 0.0963. The minimum absolute atomic E-state index is 0. The van der Waals surface area contributed by atoms with Gasteiger partial charge in [0.15, 0.2) is 5.96 Å². The Bertz CT molecular complexity index is 560. The maximum atomic E-state index is 12.9. The van der Waals surface area contributed by atoms with E-state index in [1.807, 2.05) is 6.92 Å². The molecule has 1 saturated heterocycles. The summed E-state index contributed by atoms with van der Waals surface area (Å²) in [6, 6.07) is 6.63. The zero-order valence-corrected chi connectivity index (χ0v) is 17.0. The van der Waals surface area contributed by atoms with Crippen molar-refractivity contribution in [3.8, 4) is 0 Å². The molecule has 140 valence electrons. The van der Waals surface area contributed by atoms with Crippen LogP contribution < -0.4 is 10.6 Å². The quantitative estimate of drug-likeness (QED) is 0.409. The number of rotatable bonds is 4. The molecule has 0 saturated carbocycles. The van der Waals surface area contributed by atoms with Crippen LogP contribution in [0.3, 0.4) is 0 Å². The molecule has 0 aromatic heterocycles. The van der Waals surface area contributed by atoms with E-state index < -0.39 is 0 Å². The van der Waals surface area contributed by atoms with Crippen molar-refractivity contribution in [3.63, 3.8) is 0 Å². The van der Waals surface area contributed by atoms with Gasteiger partial charge in [-0.25, -0.2) is 9.18 Å². The van der Waals surface area contributed by atoms with Crippen LogP contribution in [0.2, 0.25) is 0 Å². The third-order valence-corrected chi connectivity index (χ3v) is 3.96. The highest BCUT2D eigenvalue weighted by molar-refractivity contribution is 14.0. The van der Waals surface area contributed by atoms with E-state index in [0.717, 1.165) is 18.4 Å². The summed E-state index contributed by atoms with van der Waals surface area (Å²) >= 11 is 0. The number of aliphatic imine (C=N–C) groups is 1. The number of hydrogen-bond acceptors (Lipinski definition) is 3. The number of guanidine groups is 1. The number of amides is 1. The molecular formula is C17H26FIN4O2. The van der Waals surface area contributed by atoms with Crippen molar-refractivity contribution in [1.29, 1.82) is 0 Å². The van der Waals surface area contributed by atoms with Crippen LogP contribution in [0.15, 0.2) is 29.3 Å². The molecule has 1 aliphatic heterocycles. The van der Waals surface area contributed by atoms with E-state index in [0.29, 0.717) is 32.2 Å². The number of carbonyl (C=O) groups excluding carboxylic acids is 1. The summed E-state index contributed by atoms with van der Waals surface area (Å²) in [5.41, 5.74) is 0.983. The van der Waals surface area contributed by atoms with E-state index in [4.69, 9.17) is 4.74 Å². The number of nitrogens with one attached hydrogen (secondary N) is 2. The molecule has 0 bridgehead atoms. The van der Waals surface area contributed by atoms with Crippen LogP contribution in [0, 0.1) is 5.82 Å². The zero-order valence-electron chi connectivity index (χ0n) is 14.6. The fourth-order valence-electron chi connectivity index (χ4n) is 2.60. The summed E-state index contributed by atoms with van der Waals surface area (Å²) in [6.45, 7) is 4.12. The second kappa shape index (κ2) is 11.1. The van der Waals surface area contributed by atoms with Crippen molar-refractivity contribution in [2.24, 2.45) is 4.99 Å². The van der Waals surface area contributed by atoms with Crippen molar-refractivity contribution in [3.05, 3.63) is 35.6 Å². The van der Waals surface area contributed by atoms with E-state index in [9.17, 15) is 9.18 Å². The summed E-state index contributed by atoms with van der Waals surface area (Å²) in [6.07, 6.45) is 1.45. The molecule has 1 fully saturated rings. The Morgan fingerprint density at radius 1 is 1.32 bits per heavy atom. The van der Waals surface area contributed by atoms with E-state index in [-0.39, 0.29) is 41.9 Å². The molecule has 0 atom stereocenters. The Morgan fingerprint density at radius 2 is 1.96 bits per heavy atom. The molecule has 1 aliphatic rings. The number of carbonyl (C=O) groups is 1. The molecule has 6 nitrogen and oxygen atoms in total. The van der Waals surface area contributed by atoms with E-state index >= 15 is 0 Å². The number of ether oxygens (including phenoxy) is 1. The number of halogens is 2. The minimum Gasteiger partial charge on any atom is -0.450 e. The van der Waals surface area contributed by atoms with Gasteiger partial charge in [-0.05, 0) is 37.5 Å². The summed E-state index contributed by atoms with van der Waals surface area (Å²) in [5, 5.41) is 6.58. The third-order valence-electron chi connectivity index (χ3n) is 3.96. The first kappa shape index (κ1) is 21.5. The standard InChI is InChI=1S/C17H25FN4O2.HI/c1-3-24-17(23)22-10-8-15(9-11-22)21-16(19-2)20-12-13-4-6-14(18)7-5-13;/h4-7,15H,3,8-12H2,1-2H3,(H2,19,20,21);1H. The number of nitrogens with zero attached hydrogens (tertiary/aromatic N) is 2. The molecule has 0 aliphatic carbocycles. The molecule has 0 spiro atoms. The summed E-state index contributed by atoms with van der Waals surface area (Å²) < 4.78 is 17.9. The minimum atomic E-state index is -0.241. The van der Waals surface area contributed by atoms with Crippen LogP contribution >= 0.6 is 24.0 Å². The van der Waals surface area contributed by atoms with E-state index in [1.54, 1.807) is 24.1 Å². The van der Waals surface area contributed by atoms with Crippen molar-refractivity contribution < 1.29 is 13.9 Å². The summed E-state index contributed by atoms with van der Waals surface area (Å²) in [7, 11) is 1.72. The molecule has 0 unspecified atom stereocenters. The van der Waals surface area contributed by atoms with Crippen molar-refractivity contribution >= 4 is 36.0 Å². The predicted octanol–water partition coefficient (Wildman–Crippen LogP) is 2.73. The van der Waals surface area contributed by atoms with Gasteiger partial charge in [0.25, 0.3) is 0 Å². The highest BCUT2D eigenvalue weighted by atomic mass is 127. The largest absolute Gasteiger partial charge is 0.450 e. The van der Waals surface area contributed by atoms with Crippen LogP contribution in [0.1, 0.15) is 25.3 Å². The van der Waals surface area contributed by atoms with E-state index in [1.165, 1.54) is 12.1 Å². The van der Waals surface area contributed by atoms with Gasteiger partial charge in [-0.3, -0.25) is 4.99 Å². The average molecular weight is 464 g/mol. The average Bonchev–Trinajstić information content (AvgIpc) is 2.60. The Labute approximate surface area is 165 Å². The van der Waals surface area contributed by atoms with E-state index in [2.05, 4.69) is 15.6 Å². The van der Waals surface area contributed by atoms with Crippen molar-refractivity contribution in [2.75, 3.05) is 26.7 Å². The lowest BCUT2D eigenvalue weighted by Crippen LogP contribution is -2.49. The molecule has 0 radical (unpaired) electrons. The maximum absolute atomic E-state index is 12.9. The Kier molecular flexibility index (Phi) is 9.54. The molecule has 25 heavy (non-hydrogen) atoms. The molecular weight excluding hydrogens is 438 g/mol. The highest BCUT2D eigenvalue weighted by Gasteiger charge is 2.23. The fourth-order valence-corrected chi connectivity index (χ4v) is 2.60. The summed E-state index contributed by atoms with van der Waals surface area (Å²) in [4.78, 5) is 17.6. The van der Waals surface area contributed by atoms with Crippen molar-refractivity contribution in [1.82, 2.24) is 15.5 Å². The van der Waals surface area contributed by atoms with Gasteiger partial charge >= 0.3 is 6.09 Å². The molecule has 1 amide bonds. The number of benzene rings is 1. The molecule has 2 rings (SSSR count). The monoisotopic (exact) mass is 464 g/mol. The molecule has 1 aromatic rings. The zero-order chi connectivity index (χ0) is 17.4. The lowest BCUT2D eigenvalue weighted by Gasteiger charge is -2.32. The lowest BCUT2D eigenvalue weighted by atomic mass is 10.1. The SMILES string of the molecule is CCOC(=O)N1CCC(NC(=NC)NCc2ccc(F)cc2)CC1.I. The van der Waals surface area contributed by atoms with Crippen molar-refractivity contribution in [2.45, 2.75) is 32.4 Å². The van der Waals surface area contributed by atoms with Gasteiger partial charge in [-0.15, -0.1) is 24.0 Å². The fraction of sp³-hybridized carbons (Fsp3) is 0.529. The first-order chi connectivity index (χ1) is 11.6. The van der Waals surface area contributed by atoms with Crippen LogP contribution in [-0.4, -0.2) is 49.7 Å². The molecule has 8 heteroatoms. The maximum Gasteiger partial charge on any atom is 0.409 e. The van der Waals surface area contributed by atoms with Gasteiger partial charge in [0.05, 0.1) is 6.61 Å². The second-order valence-electron chi connectivity index (χ2n) is 5.66. The van der Waals surface area contributed by atoms with Crippen LogP contribution in [0.5, 0.6) is 0 Å². The van der Waals surface area contributed by atoms with Gasteiger partial charge in [0, 0.05) is 32.7 Å². The first-order valence-corrected chi connectivity index (χ1v) is 8.25. The normalized spacial score (nSPS) is 15.3. The smallest absolute Gasteiger partial charge is 0.409 e. The Hall–Kier alpha value is -1.58. The van der Waals surface area contributed by atoms with Gasteiger partial charge in [-0.1, -0.05) is 12.1 Å². The molecule has 1 heterocycles. The number of piperidine rings is 1. The van der Waals surface area contributed by atoms with Gasteiger partial charge in [0.1, 0.15) is 5.82 Å². The van der Waals surface area contributed by atoms with Gasteiger partial charge < -0.3 is 20.3 Å². The first-order valence-electron chi connectivity index (χ1n) is 8.25. The predicted molar refractivity (Wildman–Crippen MR) is 107 cm³/mol. The van der Waals surface area contributed by atoms with Gasteiger partial charge in [0.2, 0.25) is 0 Å². The van der Waals surface area contributed by atoms with Crippen LogP contribution in [-0.2, 0) is 11.3 Å². The highest BCUT2D eigenvalue weighted by Crippen LogP contribution is 2.11. The topological polar surface area (TPSA) is 66.0 Å². The van der Waals surface area contributed by atoms with Crippen LogP contribution in [0.4, 0.5) is 9.18 Å². The Morgan fingerprint density at radius 3 is 2.52 bits per heavy atom. The van der Waals surface area contributed by atoms with Gasteiger partial charge in [-0.2, -0.15) is 0 Å². The van der Waals surface area contributed by atoms with Crippen LogP contribution in [0.25, 0.3) is 0 Å².